The predicted octanol–water partition coefficient (Wildman–Crippen LogP) is 4.91. The maximum atomic E-state index is 5.96. The number of hydrogen-bond acceptors (Lipinski definition) is 1. The highest BCUT2D eigenvalue weighted by molar-refractivity contribution is 6.42. The largest absolute Gasteiger partial charge is 0.381 e. The number of aryl methyl sites for hydroxylation is 1. The highest BCUT2D eigenvalue weighted by atomic mass is 35.5. The molecule has 3 heteroatoms. The molecule has 1 nitrogen and oxygen atoms in total. The van der Waals surface area contributed by atoms with Gasteiger partial charge in [-0.1, -0.05) is 47.0 Å². The third-order valence-electron chi connectivity index (χ3n) is 2.53. The van der Waals surface area contributed by atoms with Gasteiger partial charge in [0.1, 0.15) is 0 Å². The summed E-state index contributed by atoms with van der Waals surface area (Å²) in [5.74, 6) is 0. The molecule has 0 bridgehead atoms. The van der Waals surface area contributed by atoms with Crippen LogP contribution < -0.4 is 5.32 Å². The average molecular weight is 266 g/mol. The van der Waals surface area contributed by atoms with E-state index in [0.29, 0.717) is 10.0 Å². The normalized spacial score (nSPS) is 10.3. The molecule has 2 aromatic carbocycles. The van der Waals surface area contributed by atoms with Crippen LogP contribution in [-0.2, 0) is 6.54 Å². The van der Waals surface area contributed by atoms with Gasteiger partial charge < -0.3 is 5.32 Å². The van der Waals surface area contributed by atoms with Crippen molar-refractivity contribution in [2.75, 3.05) is 5.32 Å². The van der Waals surface area contributed by atoms with Crippen LogP contribution in [0.4, 0.5) is 5.69 Å². The van der Waals surface area contributed by atoms with Crippen molar-refractivity contribution in [3.8, 4) is 0 Å². The van der Waals surface area contributed by atoms with Crippen molar-refractivity contribution >= 4 is 28.9 Å². The Balaban J connectivity index is 2.02. The van der Waals surface area contributed by atoms with Crippen molar-refractivity contribution in [1.29, 1.82) is 0 Å². The topological polar surface area (TPSA) is 12.0 Å². The van der Waals surface area contributed by atoms with Gasteiger partial charge in [0, 0.05) is 12.2 Å². The van der Waals surface area contributed by atoms with E-state index >= 15 is 0 Å². The van der Waals surface area contributed by atoms with E-state index in [1.807, 2.05) is 18.2 Å². The van der Waals surface area contributed by atoms with E-state index in [1.54, 1.807) is 0 Å². The molecule has 2 rings (SSSR count). The minimum atomic E-state index is 0.589. The van der Waals surface area contributed by atoms with Crippen LogP contribution in [0.15, 0.2) is 42.5 Å². The van der Waals surface area contributed by atoms with Gasteiger partial charge in [0.15, 0.2) is 0 Å². The van der Waals surface area contributed by atoms with E-state index in [1.165, 1.54) is 5.56 Å². The Hall–Kier alpha value is -1.18. The van der Waals surface area contributed by atoms with Gasteiger partial charge in [0.05, 0.1) is 10.0 Å². The van der Waals surface area contributed by atoms with E-state index in [0.717, 1.165) is 17.8 Å². The highest BCUT2D eigenvalue weighted by Crippen LogP contribution is 2.23. The Bertz CT molecular complexity index is 506. The lowest BCUT2D eigenvalue weighted by Crippen LogP contribution is -1.99. The summed E-state index contributed by atoms with van der Waals surface area (Å²) >= 11 is 11.8. The molecule has 0 heterocycles. The van der Waals surface area contributed by atoms with Crippen LogP contribution in [0.25, 0.3) is 0 Å². The van der Waals surface area contributed by atoms with E-state index in [9.17, 15) is 0 Å². The second kappa shape index (κ2) is 5.44. The van der Waals surface area contributed by atoms with Gasteiger partial charge in [0.25, 0.3) is 0 Å². The molecule has 0 unspecified atom stereocenters. The molecule has 0 amide bonds. The molecule has 0 spiro atoms. The molecule has 2 aromatic rings. The average Bonchev–Trinajstić information content (AvgIpc) is 2.33. The molecule has 0 aliphatic heterocycles. The van der Waals surface area contributed by atoms with Crippen LogP contribution in [0.5, 0.6) is 0 Å². The van der Waals surface area contributed by atoms with Crippen molar-refractivity contribution in [3.05, 3.63) is 63.6 Å². The first-order valence-electron chi connectivity index (χ1n) is 5.39. The van der Waals surface area contributed by atoms with Crippen molar-refractivity contribution in [2.24, 2.45) is 0 Å². The summed E-state index contributed by atoms with van der Waals surface area (Å²) in [5, 5.41) is 4.51. The zero-order valence-electron chi connectivity index (χ0n) is 9.50. The second-order valence-electron chi connectivity index (χ2n) is 3.97. The summed E-state index contributed by atoms with van der Waals surface area (Å²) in [6, 6.07) is 13.9. The van der Waals surface area contributed by atoms with Crippen LogP contribution in [0.1, 0.15) is 11.1 Å². The summed E-state index contributed by atoms with van der Waals surface area (Å²) in [4.78, 5) is 0. The summed E-state index contributed by atoms with van der Waals surface area (Å²) < 4.78 is 0. The molecule has 0 radical (unpaired) electrons. The number of halogens is 2. The number of anilines is 1. The molecule has 1 N–H and O–H groups in total. The molecular weight excluding hydrogens is 253 g/mol. The third kappa shape index (κ3) is 3.39. The minimum Gasteiger partial charge on any atom is -0.381 e. The van der Waals surface area contributed by atoms with E-state index < -0.39 is 0 Å². The maximum absolute atomic E-state index is 5.96. The lowest BCUT2D eigenvalue weighted by molar-refractivity contribution is 1.15. The lowest BCUT2D eigenvalue weighted by Gasteiger charge is -2.07. The first kappa shape index (κ1) is 12.3. The number of hydrogen-bond donors (Lipinski definition) is 1. The molecule has 0 aliphatic carbocycles. The molecule has 0 fully saturated rings. The van der Waals surface area contributed by atoms with E-state index in [-0.39, 0.29) is 0 Å². The summed E-state index contributed by atoms with van der Waals surface area (Å²) in [6.45, 7) is 2.81. The molecule has 0 aromatic heterocycles. The number of benzene rings is 2. The molecule has 0 saturated carbocycles. The SMILES string of the molecule is Cc1ccc(NCc2ccc(Cl)c(Cl)c2)cc1. The standard InChI is InChI=1S/C14H13Cl2N/c1-10-2-5-12(6-3-10)17-9-11-4-7-13(15)14(16)8-11/h2-8,17H,9H2,1H3. The fourth-order valence-corrected chi connectivity index (χ4v) is 1.85. The second-order valence-corrected chi connectivity index (χ2v) is 4.78. The molecule has 0 aliphatic rings. The smallest absolute Gasteiger partial charge is 0.0595 e. The Labute approximate surface area is 111 Å². The molecule has 0 saturated heterocycles. The van der Waals surface area contributed by atoms with Crippen molar-refractivity contribution in [3.63, 3.8) is 0 Å². The molecule has 17 heavy (non-hydrogen) atoms. The Morgan fingerprint density at radius 1 is 0.941 bits per heavy atom. The van der Waals surface area contributed by atoms with Gasteiger partial charge in [-0.15, -0.1) is 0 Å². The van der Waals surface area contributed by atoms with Gasteiger partial charge in [-0.05, 0) is 36.8 Å². The highest BCUT2D eigenvalue weighted by Gasteiger charge is 1.99. The van der Waals surface area contributed by atoms with Gasteiger partial charge in [0.2, 0.25) is 0 Å². The summed E-state index contributed by atoms with van der Waals surface area (Å²) in [5.41, 5.74) is 3.46. The van der Waals surface area contributed by atoms with Crippen LogP contribution in [0, 0.1) is 6.92 Å². The van der Waals surface area contributed by atoms with Gasteiger partial charge in [-0.25, -0.2) is 0 Å². The zero-order chi connectivity index (χ0) is 12.3. The Kier molecular flexibility index (Phi) is 3.93. The third-order valence-corrected chi connectivity index (χ3v) is 3.27. The van der Waals surface area contributed by atoms with Gasteiger partial charge >= 0.3 is 0 Å². The van der Waals surface area contributed by atoms with Crippen molar-refractivity contribution in [2.45, 2.75) is 13.5 Å². The first-order valence-corrected chi connectivity index (χ1v) is 6.15. The van der Waals surface area contributed by atoms with Crippen molar-refractivity contribution < 1.29 is 0 Å². The summed E-state index contributed by atoms with van der Waals surface area (Å²) in [7, 11) is 0. The van der Waals surface area contributed by atoms with Gasteiger partial charge in [-0.2, -0.15) is 0 Å². The van der Waals surface area contributed by atoms with Crippen LogP contribution in [-0.4, -0.2) is 0 Å². The van der Waals surface area contributed by atoms with Gasteiger partial charge in [-0.3, -0.25) is 0 Å². The lowest BCUT2D eigenvalue weighted by atomic mass is 10.2. The van der Waals surface area contributed by atoms with Crippen LogP contribution in [0.2, 0.25) is 10.0 Å². The van der Waals surface area contributed by atoms with Crippen LogP contribution >= 0.6 is 23.2 Å². The molecule has 0 atom stereocenters. The maximum Gasteiger partial charge on any atom is 0.0595 e. The summed E-state index contributed by atoms with van der Waals surface area (Å²) in [6.07, 6.45) is 0. The van der Waals surface area contributed by atoms with Crippen LogP contribution in [0.3, 0.4) is 0 Å². The molecular formula is C14H13Cl2N. The van der Waals surface area contributed by atoms with E-state index in [4.69, 9.17) is 23.2 Å². The first-order chi connectivity index (χ1) is 8.15. The Morgan fingerprint density at radius 3 is 2.29 bits per heavy atom. The fraction of sp³-hybridized carbons (Fsp3) is 0.143. The minimum absolute atomic E-state index is 0.589. The predicted molar refractivity (Wildman–Crippen MR) is 75.0 cm³/mol. The molecule has 88 valence electrons. The monoisotopic (exact) mass is 265 g/mol. The number of nitrogens with one attached hydrogen (secondary N) is 1. The number of rotatable bonds is 3. The fourth-order valence-electron chi connectivity index (χ4n) is 1.53. The van der Waals surface area contributed by atoms with E-state index in [2.05, 4.69) is 36.5 Å². The Morgan fingerprint density at radius 2 is 1.65 bits per heavy atom. The zero-order valence-corrected chi connectivity index (χ0v) is 11.0. The quantitative estimate of drug-likeness (QED) is 0.831. The van der Waals surface area contributed by atoms with Crippen molar-refractivity contribution in [1.82, 2.24) is 0 Å².